The van der Waals surface area contributed by atoms with Crippen molar-refractivity contribution in [2.45, 2.75) is 13.8 Å². The molecule has 0 amide bonds. The SMILES string of the molecule is Cc1ccc(-n2nc(C(=N)N)c(=O)cc2C)cc1Cl. The predicted octanol–water partition coefficient (Wildman–Crippen LogP) is 1.79. The maximum atomic E-state index is 11.7. The Balaban J connectivity index is 2.68. The van der Waals surface area contributed by atoms with Crippen molar-refractivity contribution in [3.63, 3.8) is 0 Å². The maximum absolute atomic E-state index is 11.7. The summed E-state index contributed by atoms with van der Waals surface area (Å²) in [6.45, 7) is 3.66. The molecule has 0 bridgehead atoms. The lowest BCUT2D eigenvalue weighted by atomic mass is 10.2. The highest BCUT2D eigenvalue weighted by molar-refractivity contribution is 6.31. The van der Waals surface area contributed by atoms with E-state index in [4.69, 9.17) is 22.7 Å². The molecule has 0 fully saturated rings. The summed E-state index contributed by atoms with van der Waals surface area (Å²) >= 11 is 6.08. The summed E-state index contributed by atoms with van der Waals surface area (Å²) in [6, 6.07) is 6.86. The van der Waals surface area contributed by atoms with Crippen LogP contribution >= 0.6 is 11.6 Å². The van der Waals surface area contributed by atoms with E-state index in [1.807, 2.05) is 19.1 Å². The van der Waals surface area contributed by atoms with E-state index in [1.165, 1.54) is 6.07 Å². The maximum Gasteiger partial charge on any atom is 0.211 e. The third-order valence-electron chi connectivity index (χ3n) is 2.76. The average molecular weight is 277 g/mol. The van der Waals surface area contributed by atoms with Crippen LogP contribution in [0.2, 0.25) is 5.02 Å². The number of hydrogen-bond donors (Lipinski definition) is 2. The summed E-state index contributed by atoms with van der Waals surface area (Å²) in [6.07, 6.45) is 0. The first kappa shape index (κ1) is 13.3. The van der Waals surface area contributed by atoms with Crippen molar-refractivity contribution in [1.82, 2.24) is 9.78 Å². The number of amidine groups is 1. The van der Waals surface area contributed by atoms with Crippen molar-refractivity contribution in [3.05, 3.63) is 56.5 Å². The molecule has 1 heterocycles. The molecule has 1 aromatic heterocycles. The minimum atomic E-state index is -0.362. The fourth-order valence-corrected chi connectivity index (χ4v) is 1.88. The molecule has 0 radical (unpaired) electrons. The third kappa shape index (κ3) is 2.51. The van der Waals surface area contributed by atoms with Gasteiger partial charge in [-0.05, 0) is 31.5 Å². The van der Waals surface area contributed by atoms with Gasteiger partial charge >= 0.3 is 0 Å². The van der Waals surface area contributed by atoms with E-state index in [2.05, 4.69) is 5.10 Å². The van der Waals surface area contributed by atoms with Crippen molar-refractivity contribution < 1.29 is 0 Å². The molecule has 0 unspecified atom stereocenters. The first-order chi connectivity index (χ1) is 8.90. The average Bonchev–Trinajstić information content (AvgIpc) is 2.32. The monoisotopic (exact) mass is 276 g/mol. The molecule has 0 aliphatic rings. The van der Waals surface area contributed by atoms with E-state index in [9.17, 15) is 4.79 Å². The Labute approximate surface area is 115 Å². The van der Waals surface area contributed by atoms with Crippen molar-refractivity contribution in [2.75, 3.05) is 0 Å². The van der Waals surface area contributed by atoms with Gasteiger partial charge < -0.3 is 5.73 Å². The van der Waals surface area contributed by atoms with Gasteiger partial charge in [-0.2, -0.15) is 5.10 Å². The number of rotatable bonds is 2. The lowest BCUT2D eigenvalue weighted by molar-refractivity contribution is 0.791. The molecular formula is C13H13ClN4O. The molecule has 1 aromatic carbocycles. The van der Waals surface area contributed by atoms with Crippen LogP contribution in [0.4, 0.5) is 0 Å². The summed E-state index contributed by atoms with van der Waals surface area (Å²) in [5, 5.41) is 12.1. The number of nitrogens with two attached hydrogens (primary N) is 1. The highest BCUT2D eigenvalue weighted by Crippen LogP contribution is 2.19. The van der Waals surface area contributed by atoms with Gasteiger partial charge in [0, 0.05) is 16.8 Å². The summed E-state index contributed by atoms with van der Waals surface area (Å²) in [5.74, 6) is -0.350. The number of nitrogen functional groups attached to an aromatic ring is 1. The normalized spacial score (nSPS) is 10.5. The van der Waals surface area contributed by atoms with Crippen LogP contribution in [0.3, 0.4) is 0 Å². The van der Waals surface area contributed by atoms with Gasteiger partial charge in [-0.15, -0.1) is 0 Å². The lowest BCUT2D eigenvalue weighted by Gasteiger charge is -2.11. The van der Waals surface area contributed by atoms with E-state index in [0.717, 1.165) is 11.3 Å². The molecule has 0 aliphatic carbocycles. The Bertz CT molecular complexity index is 721. The van der Waals surface area contributed by atoms with Gasteiger partial charge in [-0.25, -0.2) is 4.68 Å². The lowest BCUT2D eigenvalue weighted by Crippen LogP contribution is -2.27. The fourth-order valence-electron chi connectivity index (χ4n) is 1.71. The number of halogens is 1. The zero-order valence-corrected chi connectivity index (χ0v) is 11.3. The smallest absolute Gasteiger partial charge is 0.211 e. The Hall–Kier alpha value is -2.14. The van der Waals surface area contributed by atoms with Gasteiger partial charge in [0.2, 0.25) is 5.43 Å². The van der Waals surface area contributed by atoms with E-state index in [0.29, 0.717) is 10.7 Å². The van der Waals surface area contributed by atoms with Crippen LogP contribution < -0.4 is 11.2 Å². The van der Waals surface area contributed by atoms with Crippen molar-refractivity contribution in [1.29, 1.82) is 5.41 Å². The quantitative estimate of drug-likeness (QED) is 0.648. The topological polar surface area (TPSA) is 84.8 Å². The second-order valence-corrected chi connectivity index (χ2v) is 4.66. The zero-order chi connectivity index (χ0) is 14.2. The summed E-state index contributed by atoms with van der Waals surface area (Å²) in [4.78, 5) is 11.7. The van der Waals surface area contributed by atoms with Crippen LogP contribution in [0, 0.1) is 19.3 Å². The molecule has 0 aliphatic heterocycles. The number of aryl methyl sites for hydroxylation is 2. The molecular weight excluding hydrogens is 264 g/mol. The summed E-state index contributed by atoms with van der Waals surface area (Å²) in [5.41, 5.74) is 7.24. The zero-order valence-electron chi connectivity index (χ0n) is 10.6. The Morgan fingerprint density at radius 2 is 2.05 bits per heavy atom. The van der Waals surface area contributed by atoms with Crippen LogP contribution in [0.25, 0.3) is 5.69 Å². The van der Waals surface area contributed by atoms with Gasteiger partial charge in [0.15, 0.2) is 5.69 Å². The second kappa shape index (κ2) is 4.85. The Morgan fingerprint density at radius 3 is 2.63 bits per heavy atom. The first-order valence-electron chi connectivity index (χ1n) is 5.62. The molecule has 0 spiro atoms. The van der Waals surface area contributed by atoms with E-state index in [1.54, 1.807) is 17.7 Å². The molecule has 0 saturated carbocycles. The molecule has 5 nitrogen and oxygen atoms in total. The summed E-state index contributed by atoms with van der Waals surface area (Å²) in [7, 11) is 0. The molecule has 6 heteroatoms. The van der Waals surface area contributed by atoms with Crippen molar-refractivity contribution in [2.24, 2.45) is 5.73 Å². The number of hydrogen-bond acceptors (Lipinski definition) is 3. The van der Waals surface area contributed by atoms with Crippen LogP contribution in [0.1, 0.15) is 17.0 Å². The third-order valence-corrected chi connectivity index (χ3v) is 3.17. The van der Waals surface area contributed by atoms with E-state index in [-0.39, 0.29) is 17.0 Å². The predicted molar refractivity (Wildman–Crippen MR) is 75.3 cm³/mol. The Kier molecular flexibility index (Phi) is 3.40. The van der Waals surface area contributed by atoms with E-state index >= 15 is 0 Å². The first-order valence-corrected chi connectivity index (χ1v) is 6.00. The second-order valence-electron chi connectivity index (χ2n) is 4.26. The highest BCUT2D eigenvalue weighted by atomic mass is 35.5. The number of nitrogens with one attached hydrogen (secondary N) is 1. The molecule has 0 atom stereocenters. The largest absolute Gasteiger partial charge is 0.382 e. The number of aromatic nitrogens is 2. The van der Waals surface area contributed by atoms with Gasteiger partial charge in [-0.1, -0.05) is 17.7 Å². The molecule has 0 saturated heterocycles. The van der Waals surface area contributed by atoms with Crippen molar-refractivity contribution >= 4 is 17.4 Å². The molecule has 2 aromatic rings. The summed E-state index contributed by atoms with van der Waals surface area (Å²) < 4.78 is 1.55. The van der Waals surface area contributed by atoms with Crippen LogP contribution in [-0.2, 0) is 0 Å². The minimum absolute atomic E-state index is 0.0673. The highest BCUT2D eigenvalue weighted by Gasteiger charge is 2.10. The van der Waals surface area contributed by atoms with Gasteiger partial charge in [0.05, 0.1) is 5.69 Å². The van der Waals surface area contributed by atoms with E-state index < -0.39 is 0 Å². The molecule has 19 heavy (non-hydrogen) atoms. The Morgan fingerprint density at radius 1 is 1.37 bits per heavy atom. The van der Waals surface area contributed by atoms with Crippen LogP contribution in [-0.4, -0.2) is 15.6 Å². The molecule has 2 rings (SSSR count). The molecule has 3 N–H and O–H groups in total. The van der Waals surface area contributed by atoms with Gasteiger partial charge in [0.25, 0.3) is 0 Å². The van der Waals surface area contributed by atoms with Crippen LogP contribution in [0.15, 0.2) is 29.1 Å². The van der Waals surface area contributed by atoms with Crippen molar-refractivity contribution in [3.8, 4) is 5.69 Å². The van der Waals surface area contributed by atoms with Gasteiger partial charge in [0.1, 0.15) is 5.84 Å². The van der Waals surface area contributed by atoms with Gasteiger partial charge in [-0.3, -0.25) is 10.2 Å². The fraction of sp³-hybridized carbons (Fsp3) is 0.154. The minimum Gasteiger partial charge on any atom is -0.382 e. The van der Waals surface area contributed by atoms with Crippen LogP contribution in [0.5, 0.6) is 0 Å². The molecule has 98 valence electrons. The number of nitrogens with zero attached hydrogens (tertiary/aromatic N) is 2. The number of benzene rings is 1. The standard InChI is InChI=1S/C13H13ClN4O/c1-7-3-4-9(6-10(7)14)18-8(2)5-11(19)12(17-18)13(15)16/h3-6H,1-2H3,(H3,15,16).